The highest BCUT2D eigenvalue weighted by Crippen LogP contribution is 2.25. The van der Waals surface area contributed by atoms with Crippen LogP contribution in [0.25, 0.3) is 22.3 Å². The molecule has 0 amide bonds. The van der Waals surface area contributed by atoms with Crippen LogP contribution in [0.5, 0.6) is 0 Å². The maximum absolute atomic E-state index is 13.3. The Bertz CT molecular complexity index is 1070. The summed E-state index contributed by atoms with van der Waals surface area (Å²) in [6.07, 6.45) is 3.54. The number of aromatic nitrogens is 4. The zero-order chi connectivity index (χ0) is 18.1. The summed E-state index contributed by atoms with van der Waals surface area (Å²) in [7, 11) is 0. The maximum Gasteiger partial charge on any atom is 0.227 e. The minimum Gasteiger partial charge on any atom is -0.328 e. The minimum absolute atomic E-state index is 0.308. The highest BCUT2D eigenvalue weighted by molar-refractivity contribution is 5.81. The van der Waals surface area contributed by atoms with Crippen LogP contribution >= 0.6 is 0 Å². The second kappa shape index (κ2) is 6.55. The Kier molecular flexibility index (Phi) is 4.08. The number of imidazole rings is 1. The molecule has 26 heavy (non-hydrogen) atoms. The van der Waals surface area contributed by atoms with Gasteiger partial charge in [-0.2, -0.15) is 0 Å². The average molecular weight is 347 g/mol. The number of rotatable bonds is 4. The standard InChI is InChI=1S/C20H18FN5/c1-13(2)26-12-23-18-10-14(6-7-19(18)26)17-8-9-22-20(25-17)24-16-5-3-4-15(21)11-16/h3-13H,1-2H3,(H,22,24,25). The molecule has 0 spiro atoms. The molecular weight excluding hydrogens is 329 g/mol. The fourth-order valence-corrected chi connectivity index (χ4v) is 2.88. The van der Waals surface area contributed by atoms with E-state index in [9.17, 15) is 4.39 Å². The first-order valence-electron chi connectivity index (χ1n) is 8.43. The van der Waals surface area contributed by atoms with Gasteiger partial charge in [-0.05, 0) is 50.2 Å². The molecule has 6 heteroatoms. The molecule has 0 bridgehead atoms. The summed E-state index contributed by atoms with van der Waals surface area (Å²) in [5, 5.41) is 3.03. The highest BCUT2D eigenvalue weighted by Gasteiger charge is 2.09. The summed E-state index contributed by atoms with van der Waals surface area (Å²) in [5.74, 6) is 0.109. The van der Waals surface area contributed by atoms with Crippen LogP contribution < -0.4 is 5.32 Å². The molecular formula is C20H18FN5. The van der Waals surface area contributed by atoms with Gasteiger partial charge < -0.3 is 9.88 Å². The molecule has 2 aromatic carbocycles. The van der Waals surface area contributed by atoms with Crippen molar-refractivity contribution in [2.75, 3.05) is 5.32 Å². The van der Waals surface area contributed by atoms with Crippen LogP contribution in [0.2, 0.25) is 0 Å². The first kappa shape index (κ1) is 16.2. The van der Waals surface area contributed by atoms with Crippen molar-refractivity contribution in [3.8, 4) is 11.3 Å². The summed E-state index contributed by atoms with van der Waals surface area (Å²) < 4.78 is 15.5. The fraction of sp³-hybridized carbons (Fsp3) is 0.150. The number of nitrogens with one attached hydrogen (secondary N) is 1. The number of anilines is 2. The molecule has 0 fully saturated rings. The van der Waals surface area contributed by atoms with Crippen molar-refractivity contribution in [1.82, 2.24) is 19.5 Å². The van der Waals surface area contributed by atoms with E-state index in [-0.39, 0.29) is 5.82 Å². The number of nitrogens with zero attached hydrogens (tertiary/aromatic N) is 4. The molecule has 0 atom stereocenters. The molecule has 0 aliphatic rings. The lowest BCUT2D eigenvalue weighted by Crippen LogP contribution is -1.99. The Balaban J connectivity index is 1.67. The van der Waals surface area contributed by atoms with Crippen LogP contribution in [-0.4, -0.2) is 19.5 Å². The van der Waals surface area contributed by atoms with Gasteiger partial charge in [0.25, 0.3) is 0 Å². The molecule has 2 aromatic heterocycles. The smallest absolute Gasteiger partial charge is 0.227 e. The Morgan fingerprint density at radius 3 is 2.73 bits per heavy atom. The van der Waals surface area contributed by atoms with E-state index >= 15 is 0 Å². The molecule has 0 saturated carbocycles. The lowest BCUT2D eigenvalue weighted by Gasteiger charge is -2.09. The molecule has 130 valence electrons. The van der Waals surface area contributed by atoms with Gasteiger partial charge in [-0.25, -0.2) is 19.3 Å². The summed E-state index contributed by atoms with van der Waals surface area (Å²) >= 11 is 0. The molecule has 0 aliphatic heterocycles. The van der Waals surface area contributed by atoms with E-state index in [1.807, 2.05) is 24.5 Å². The Morgan fingerprint density at radius 2 is 1.92 bits per heavy atom. The lowest BCUT2D eigenvalue weighted by molar-refractivity contribution is 0.617. The largest absolute Gasteiger partial charge is 0.328 e. The van der Waals surface area contributed by atoms with Crippen LogP contribution in [-0.2, 0) is 0 Å². The molecule has 2 heterocycles. The third-order valence-corrected chi connectivity index (χ3v) is 4.16. The normalized spacial score (nSPS) is 11.2. The van der Waals surface area contributed by atoms with E-state index in [1.165, 1.54) is 12.1 Å². The van der Waals surface area contributed by atoms with E-state index < -0.39 is 0 Å². The van der Waals surface area contributed by atoms with E-state index in [2.05, 4.69) is 44.7 Å². The van der Waals surface area contributed by atoms with Gasteiger partial charge in [0.2, 0.25) is 5.95 Å². The number of fused-ring (bicyclic) bond motifs is 1. The SMILES string of the molecule is CC(C)n1cnc2cc(-c3ccnc(Nc4cccc(F)c4)n3)ccc21. The first-order valence-corrected chi connectivity index (χ1v) is 8.43. The van der Waals surface area contributed by atoms with Crippen LogP contribution in [0.3, 0.4) is 0 Å². The first-order chi connectivity index (χ1) is 12.6. The zero-order valence-corrected chi connectivity index (χ0v) is 14.5. The van der Waals surface area contributed by atoms with Gasteiger partial charge >= 0.3 is 0 Å². The zero-order valence-electron chi connectivity index (χ0n) is 14.5. The van der Waals surface area contributed by atoms with Gasteiger partial charge in [0.1, 0.15) is 5.82 Å². The van der Waals surface area contributed by atoms with E-state index in [0.29, 0.717) is 17.7 Å². The van der Waals surface area contributed by atoms with Gasteiger partial charge in [-0.15, -0.1) is 0 Å². The number of benzene rings is 2. The molecule has 0 unspecified atom stereocenters. The molecule has 5 nitrogen and oxygen atoms in total. The van der Waals surface area contributed by atoms with Gasteiger partial charge in [-0.1, -0.05) is 12.1 Å². The minimum atomic E-state index is -0.308. The third kappa shape index (κ3) is 3.13. The monoisotopic (exact) mass is 347 g/mol. The van der Waals surface area contributed by atoms with Crippen LogP contribution in [0.1, 0.15) is 19.9 Å². The summed E-state index contributed by atoms with van der Waals surface area (Å²) in [5.41, 5.74) is 4.36. The predicted octanol–water partition coefficient (Wildman–Crippen LogP) is 4.96. The van der Waals surface area contributed by atoms with Gasteiger partial charge in [0, 0.05) is 23.5 Å². The van der Waals surface area contributed by atoms with Gasteiger partial charge in [0.15, 0.2) is 0 Å². The van der Waals surface area contributed by atoms with Crippen molar-refractivity contribution in [3.05, 3.63) is 66.9 Å². The van der Waals surface area contributed by atoms with Crippen molar-refractivity contribution < 1.29 is 4.39 Å². The van der Waals surface area contributed by atoms with E-state index in [0.717, 1.165) is 22.3 Å². The third-order valence-electron chi connectivity index (χ3n) is 4.16. The number of halogens is 1. The van der Waals surface area contributed by atoms with Gasteiger partial charge in [-0.3, -0.25) is 0 Å². The predicted molar refractivity (Wildman–Crippen MR) is 101 cm³/mol. The van der Waals surface area contributed by atoms with Crippen molar-refractivity contribution in [3.63, 3.8) is 0 Å². The Labute approximate surface area is 150 Å². The second-order valence-corrected chi connectivity index (χ2v) is 6.35. The molecule has 1 N–H and O–H groups in total. The molecule has 0 radical (unpaired) electrons. The summed E-state index contributed by atoms with van der Waals surface area (Å²) in [6, 6.07) is 14.5. The maximum atomic E-state index is 13.3. The quantitative estimate of drug-likeness (QED) is 0.567. The second-order valence-electron chi connectivity index (χ2n) is 6.35. The van der Waals surface area contributed by atoms with Crippen LogP contribution in [0.4, 0.5) is 16.0 Å². The fourth-order valence-electron chi connectivity index (χ4n) is 2.88. The Morgan fingerprint density at radius 1 is 1.04 bits per heavy atom. The van der Waals surface area contributed by atoms with Gasteiger partial charge in [0.05, 0.1) is 23.1 Å². The molecule has 4 aromatic rings. The summed E-state index contributed by atoms with van der Waals surface area (Å²) in [6.45, 7) is 4.26. The Hall–Kier alpha value is -3.28. The van der Waals surface area contributed by atoms with E-state index in [4.69, 9.17) is 0 Å². The van der Waals surface area contributed by atoms with Crippen LogP contribution in [0, 0.1) is 5.82 Å². The molecule has 0 saturated heterocycles. The molecule has 4 rings (SSSR count). The number of hydrogen-bond donors (Lipinski definition) is 1. The van der Waals surface area contributed by atoms with E-state index in [1.54, 1.807) is 18.3 Å². The topological polar surface area (TPSA) is 55.6 Å². The molecule has 0 aliphatic carbocycles. The van der Waals surface area contributed by atoms with Crippen molar-refractivity contribution >= 4 is 22.7 Å². The van der Waals surface area contributed by atoms with Crippen molar-refractivity contribution in [2.45, 2.75) is 19.9 Å². The average Bonchev–Trinajstić information content (AvgIpc) is 3.05. The van der Waals surface area contributed by atoms with Crippen LogP contribution in [0.15, 0.2) is 61.1 Å². The number of hydrogen-bond acceptors (Lipinski definition) is 4. The lowest BCUT2D eigenvalue weighted by atomic mass is 10.1. The summed E-state index contributed by atoms with van der Waals surface area (Å²) in [4.78, 5) is 13.2. The highest BCUT2D eigenvalue weighted by atomic mass is 19.1. The van der Waals surface area contributed by atoms with Crippen molar-refractivity contribution in [1.29, 1.82) is 0 Å². The van der Waals surface area contributed by atoms with Crippen molar-refractivity contribution in [2.24, 2.45) is 0 Å².